The first-order valence-electron chi connectivity index (χ1n) is 13.2. The van der Waals surface area contributed by atoms with Gasteiger partial charge in [-0.3, -0.25) is 9.69 Å². The molecular formula is C30H29F2N7O. The number of H-pyrrole nitrogens is 1. The third kappa shape index (κ3) is 5.10. The van der Waals surface area contributed by atoms with E-state index < -0.39 is 6.04 Å². The minimum atomic E-state index is -0.514. The van der Waals surface area contributed by atoms with Crippen LogP contribution in [-0.4, -0.2) is 56.3 Å². The van der Waals surface area contributed by atoms with Crippen LogP contribution in [0, 0.1) is 25.5 Å². The number of aromatic nitrogens is 5. The molecule has 1 N–H and O–H groups in total. The summed E-state index contributed by atoms with van der Waals surface area (Å²) in [6.45, 7) is 7.01. The second-order valence-corrected chi connectivity index (χ2v) is 10.3. The molecule has 3 heterocycles. The van der Waals surface area contributed by atoms with Crippen LogP contribution in [0.15, 0.2) is 71.5 Å². The van der Waals surface area contributed by atoms with E-state index in [0.717, 1.165) is 33.3 Å². The maximum atomic E-state index is 13.6. The number of hydrogen-bond donors (Lipinski definition) is 1. The van der Waals surface area contributed by atoms with Crippen LogP contribution >= 0.6 is 0 Å². The molecule has 1 aliphatic heterocycles. The highest BCUT2D eigenvalue weighted by Crippen LogP contribution is 2.30. The molecule has 6 rings (SSSR count). The van der Waals surface area contributed by atoms with Crippen molar-refractivity contribution >= 4 is 16.6 Å². The van der Waals surface area contributed by atoms with Crippen molar-refractivity contribution in [1.82, 2.24) is 30.1 Å². The fraction of sp³-hybridized carbons (Fsp3) is 0.267. The lowest BCUT2D eigenvalue weighted by atomic mass is 9.99. The molecule has 1 aliphatic rings. The summed E-state index contributed by atoms with van der Waals surface area (Å²) in [5.74, 6) is -0.0449. The van der Waals surface area contributed by atoms with Gasteiger partial charge in [-0.25, -0.2) is 13.5 Å². The summed E-state index contributed by atoms with van der Waals surface area (Å²) in [6, 6.07) is 18.2. The van der Waals surface area contributed by atoms with Crippen molar-refractivity contribution in [2.24, 2.45) is 0 Å². The number of nitrogens with zero attached hydrogens (tertiary/aromatic N) is 6. The van der Waals surface area contributed by atoms with Crippen molar-refractivity contribution in [3.05, 3.63) is 117 Å². The molecule has 0 spiro atoms. The maximum Gasteiger partial charge on any atom is 0.253 e. The van der Waals surface area contributed by atoms with Gasteiger partial charge < -0.3 is 9.88 Å². The first kappa shape index (κ1) is 25.8. The van der Waals surface area contributed by atoms with E-state index in [2.05, 4.69) is 36.4 Å². The molecule has 2 aromatic heterocycles. The molecule has 40 heavy (non-hydrogen) atoms. The van der Waals surface area contributed by atoms with E-state index in [4.69, 9.17) is 0 Å². The summed E-state index contributed by atoms with van der Waals surface area (Å²) < 4.78 is 28.7. The topological polar surface area (TPSA) is 82.9 Å². The van der Waals surface area contributed by atoms with E-state index in [-0.39, 0.29) is 17.2 Å². The zero-order valence-corrected chi connectivity index (χ0v) is 22.3. The fourth-order valence-corrected chi connectivity index (χ4v) is 5.56. The van der Waals surface area contributed by atoms with Gasteiger partial charge in [-0.15, -0.1) is 5.10 Å². The molecular weight excluding hydrogens is 512 g/mol. The van der Waals surface area contributed by atoms with Gasteiger partial charge >= 0.3 is 0 Å². The largest absolute Gasteiger partial charge is 0.369 e. The van der Waals surface area contributed by atoms with Crippen molar-refractivity contribution in [3.63, 3.8) is 0 Å². The Morgan fingerprint density at radius 3 is 2.27 bits per heavy atom. The summed E-state index contributed by atoms with van der Waals surface area (Å²) >= 11 is 0. The number of piperazine rings is 1. The predicted octanol–water partition coefficient (Wildman–Crippen LogP) is 4.37. The quantitative estimate of drug-likeness (QED) is 0.344. The van der Waals surface area contributed by atoms with Crippen LogP contribution in [-0.2, 0) is 6.54 Å². The Kier molecular flexibility index (Phi) is 6.85. The molecule has 0 bridgehead atoms. The molecule has 5 aromatic rings. The lowest BCUT2D eigenvalue weighted by molar-refractivity contribution is 0.200. The molecule has 1 fully saturated rings. The van der Waals surface area contributed by atoms with Gasteiger partial charge in [-0.05, 0) is 89.5 Å². The fourth-order valence-electron chi connectivity index (χ4n) is 5.56. The Morgan fingerprint density at radius 1 is 0.900 bits per heavy atom. The van der Waals surface area contributed by atoms with E-state index in [0.29, 0.717) is 44.1 Å². The number of nitrogens with one attached hydrogen (secondary N) is 1. The lowest BCUT2D eigenvalue weighted by Gasteiger charge is -2.39. The minimum absolute atomic E-state index is 0.195. The number of hydrogen-bond acceptors (Lipinski definition) is 6. The van der Waals surface area contributed by atoms with Crippen molar-refractivity contribution in [3.8, 4) is 0 Å². The Bertz CT molecular complexity index is 1710. The van der Waals surface area contributed by atoms with E-state index in [1.54, 1.807) is 28.9 Å². The normalized spacial score (nSPS) is 15.1. The number of aromatic amines is 1. The summed E-state index contributed by atoms with van der Waals surface area (Å²) in [5.41, 5.74) is 5.09. The van der Waals surface area contributed by atoms with Gasteiger partial charge in [0, 0.05) is 48.3 Å². The van der Waals surface area contributed by atoms with Gasteiger partial charge in [0.15, 0.2) is 5.82 Å². The molecule has 10 heteroatoms. The number of halogens is 2. The van der Waals surface area contributed by atoms with Gasteiger partial charge in [0.25, 0.3) is 5.56 Å². The van der Waals surface area contributed by atoms with Gasteiger partial charge in [0.05, 0.1) is 6.54 Å². The molecule has 0 unspecified atom stereocenters. The van der Waals surface area contributed by atoms with Gasteiger partial charge in [-0.1, -0.05) is 18.2 Å². The monoisotopic (exact) mass is 541 g/mol. The molecule has 0 aliphatic carbocycles. The SMILES string of the molecule is Cc1cc(C)c2cc([C@@H](c3nnnn3Cc3ccc(F)cc3)N3CCN(c4ccc(F)cc4)CC3)c(=O)[nH]c2c1. The molecule has 0 radical (unpaired) electrons. The summed E-state index contributed by atoms with van der Waals surface area (Å²) in [5, 5.41) is 13.6. The van der Waals surface area contributed by atoms with E-state index in [9.17, 15) is 13.6 Å². The van der Waals surface area contributed by atoms with Gasteiger partial charge in [-0.2, -0.15) is 0 Å². The van der Waals surface area contributed by atoms with E-state index in [1.807, 2.05) is 26.0 Å². The molecule has 204 valence electrons. The number of aryl methyl sites for hydroxylation is 2. The van der Waals surface area contributed by atoms with Crippen molar-refractivity contribution < 1.29 is 8.78 Å². The van der Waals surface area contributed by atoms with Crippen molar-refractivity contribution in [2.45, 2.75) is 26.4 Å². The predicted molar refractivity (Wildman–Crippen MR) is 149 cm³/mol. The van der Waals surface area contributed by atoms with Gasteiger partial charge in [0.1, 0.15) is 17.7 Å². The molecule has 8 nitrogen and oxygen atoms in total. The Hall–Kier alpha value is -4.44. The van der Waals surface area contributed by atoms with Crippen LogP contribution < -0.4 is 10.5 Å². The smallest absolute Gasteiger partial charge is 0.253 e. The third-order valence-corrected chi connectivity index (χ3v) is 7.56. The molecule has 3 aromatic carbocycles. The van der Waals surface area contributed by atoms with Crippen LogP contribution in [0.1, 0.15) is 34.1 Å². The number of rotatable bonds is 6. The van der Waals surface area contributed by atoms with Crippen LogP contribution in [0.3, 0.4) is 0 Å². The first-order chi connectivity index (χ1) is 19.4. The third-order valence-electron chi connectivity index (χ3n) is 7.56. The number of tetrazole rings is 1. The average Bonchev–Trinajstić information content (AvgIpc) is 3.39. The summed E-state index contributed by atoms with van der Waals surface area (Å²) in [4.78, 5) is 21.1. The van der Waals surface area contributed by atoms with Crippen molar-refractivity contribution in [1.29, 1.82) is 0 Å². The minimum Gasteiger partial charge on any atom is -0.369 e. The second kappa shape index (κ2) is 10.6. The van der Waals surface area contributed by atoms with Crippen LogP contribution in [0.5, 0.6) is 0 Å². The van der Waals surface area contributed by atoms with E-state index >= 15 is 0 Å². The summed E-state index contributed by atoms with van der Waals surface area (Å²) in [7, 11) is 0. The highest BCUT2D eigenvalue weighted by Gasteiger charge is 2.33. The zero-order chi connectivity index (χ0) is 27.8. The number of benzene rings is 3. The highest BCUT2D eigenvalue weighted by molar-refractivity contribution is 5.83. The number of pyridine rings is 1. The highest BCUT2D eigenvalue weighted by atomic mass is 19.1. The maximum absolute atomic E-state index is 13.6. The van der Waals surface area contributed by atoms with Crippen molar-refractivity contribution in [2.75, 3.05) is 31.1 Å². The summed E-state index contributed by atoms with van der Waals surface area (Å²) in [6.07, 6.45) is 0. The second-order valence-electron chi connectivity index (χ2n) is 10.3. The van der Waals surface area contributed by atoms with Crippen LogP contribution in [0.4, 0.5) is 14.5 Å². The molecule has 0 saturated carbocycles. The molecule has 1 atom stereocenters. The Labute approximate surface area is 229 Å². The number of fused-ring (bicyclic) bond motifs is 1. The van der Waals surface area contributed by atoms with Crippen LogP contribution in [0.2, 0.25) is 0 Å². The Morgan fingerprint density at radius 2 is 1.57 bits per heavy atom. The van der Waals surface area contributed by atoms with Gasteiger partial charge in [0.2, 0.25) is 0 Å². The van der Waals surface area contributed by atoms with E-state index in [1.165, 1.54) is 24.3 Å². The number of anilines is 1. The zero-order valence-electron chi connectivity index (χ0n) is 22.3. The first-order valence-corrected chi connectivity index (χ1v) is 13.2. The lowest BCUT2D eigenvalue weighted by Crippen LogP contribution is -2.49. The molecule has 1 saturated heterocycles. The van der Waals surface area contributed by atoms with Crippen LogP contribution in [0.25, 0.3) is 10.9 Å². The average molecular weight is 542 g/mol. The molecule has 0 amide bonds. The standard InChI is InChI=1S/C30H29F2N7O/c1-19-15-20(2)25-17-26(30(40)33-27(25)16-19)28(29-34-35-36-39(29)18-21-3-5-22(31)6-4-21)38-13-11-37(12-14-38)24-9-7-23(32)8-10-24/h3-10,15-17,28H,11-14,18H2,1-2H3,(H,33,40)/t28-/m0/s1. The Balaban J connectivity index is 1.39.